The second-order valence-corrected chi connectivity index (χ2v) is 3.43. The Morgan fingerprint density at radius 3 is 2.09 bits per heavy atom. The molecule has 0 heteroatoms. The summed E-state index contributed by atoms with van der Waals surface area (Å²) >= 11 is 0. The molecule has 64 valence electrons. The molecule has 0 heterocycles. The van der Waals surface area contributed by atoms with Crippen LogP contribution in [0.5, 0.6) is 0 Å². The molecule has 0 aliphatic rings. The molecule has 0 aliphatic heterocycles. The Hall–Kier alpha value is -0.520. The van der Waals surface area contributed by atoms with E-state index in [0.29, 0.717) is 5.92 Å². The highest BCUT2D eigenvalue weighted by Gasteiger charge is 1.92. The zero-order valence-electron chi connectivity index (χ0n) is 8.44. The smallest absolute Gasteiger partial charge is 0.0260 e. The van der Waals surface area contributed by atoms with E-state index < -0.39 is 0 Å². The molecule has 0 aromatic carbocycles. The van der Waals surface area contributed by atoms with Gasteiger partial charge in [-0.2, -0.15) is 0 Å². The molecular formula is C11H20. The number of hydrogen-bond acceptors (Lipinski definition) is 0. The van der Waals surface area contributed by atoms with Gasteiger partial charge >= 0.3 is 0 Å². The third kappa shape index (κ3) is 4.83. The average molecular weight is 152 g/mol. The fraction of sp³-hybridized carbons (Fsp3) is 0.636. The van der Waals surface area contributed by atoms with Crippen LogP contribution in [-0.4, -0.2) is 0 Å². The lowest BCUT2D eigenvalue weighted by molar-refractivity contribution is 0.769. The first-order valence-corrected chi connectivity index (χ1v) is 4.41. The molecule has 0 nitrogen and oxygen atoms in total. The van der Waals surface area contributed by atoms with Crippen LogP contribution >= 0.6 is 0 Å². The van der Waals surface area contributed by atoms with Gasteiger partial charge in [-0.25, -0.2) is 0 Å². The minimum Gasteiger partial charge on any atom is -0.0736 e. The number of rotatable bonds is 3. The van der Waals surface area contributed by atoms with Crippen molar-refractivity contribution in [1.82, 2.24) is 0 Å². The summed E-state index contributed by atoms with van der Waals surface area (Å²) in [4.78, 5) is 0. The third-order valence-corrected chi connectivity index (χ3v) is 2.10. The van der Waals surface area contributed by atoms with E-state index in [9.17, 15) is 0 Å². The Balaban J connectivity index is 4.11. The highest BCUT2D eigenvalue weighted by molar-refractivity contribution is 5.16. The van der Waals surface area contributed by atoms with Crippen LogP contribution in [0.2, 0.25) is 0 Å². The lowest BCUT2D eigenvalue weighted by Gasteiger charge is -2.02. The van der Waals surface area contributed by atoms with Gasteiger partial charge in [0, 0.05) is 0 Å². The highest BCUT2D eigenvalue weighted by Crippen LogP contribution is 2.09. The fourth-order valence-corrected chi connectivity index (χ4v) is 0.584. The van der Waals surface area contributed by atoms with Crippen molar-refractivity contribution in [2.75, 3.05) is 0 Å². The van der Waals surface area contributed by atoms with Crippen molar-refractivity contribution in [3.8, 4) is 0 Å². The molecule has 0 bridgehead atoms. The summed E-state index contributed by atoms with van der Waals surface area (Å²) in [5.41, 5.74) is 2.91. The van der Waals surface area contributed by atoms with Gasteiger partial charge in [0.15, 0.2) is 0 Å². The molecule has 0 aromatic heterocycles. The van der Waals surface area contributed by atoms with Crippen LogP contribution in [0.4, 0.5) is 0 Å². The molecule has 0 radical (unpaired) electrons. The Kier molecular flexibility index (Phi) is 4.93. The normalized spacial score (nSPS) is 14.4. The van der Waals surface area contributed by atoms with E-state index in [1.165, 1.54) is 11.1 Å². The van der Waals surface area contributed by atoms with Crippen LogP contribution in [0.25, 0.3) is 0 Å². The molecule has 0 atom stereocenters. The van der Waals surface area contributed by atoms with Crippen LogP contribution in [0.1, 0.15) is 41.0 Å². The van der Waals surface area contributed by atoms with Crippen molar-refractivity contribution in [3.63, 3.8) is 0 Å². The van der Waals surface area contributed by atoms with Gasteiger partial charge < -0.3 is 0 Å². The van der Waals surface area contributed by atoms with Crippen LogP contribution in [-0.2, 0) is 0 Å². The molecule has 0 unspecified atom stereocenters. The van der Waals surface area contributed by atoms with E-state index in [-0.39, 0.29) is 0 Å². The van der Waals surface area contributed by atoms with Gasteiger partial charge in [0.1, 0.15) is 0 Å². The van der Waals surface area contributed by atoms with E-state index in [2.05, 4.69) is 46.8 Å². The SMILES string of the molecule is CC/C(C)=C\C=C(\C)C(C)C. The molecule has 0 saturated heterocycles. The minimum atomic E-state index is 0.677. The largest absolute Gasteiger partial charge is 0.0736 e. The first kappa shape index (κ1) is 10.5. The van der Waals surface area contributed by atoms with Crippen LogP contribution in [0.3, 0.4) is 0 Å². The molecular weight excluding hydrogens is 132 g/mol. The first-order valence-electron chi connectivity index (χ1n) is 4.41. The van der Waals surface area contributed by atoms with E-state index >= 15 is 0 Å². The lowest BCUT2D eigenvalue weighted by Crippen LogP contribution is -1.87. The maximum Gasteiger partial charge on any atom is -0.0260 e. The lowest BCUT2D eigenvalue weighted by atomic mass is 10.0. The topological polar surface area (TPSA) is 0 Å². The molecule has 0 aliphatic carbocycles. The van der Waals surface area contributed by atoms with E-state index in [4.69, 9.17) is 0 Å². The second kappa shape index (κ2) is 5.17. The number of hydrogen-bond donors (Lipinski definition) is 0. The molecule has 0 N–H and O–H groups in total. The van der Waals surface area contributed by atoms with Gasteiger partial charge in [0.05, 0.1) is 0 Å². The summed E-state index contributed by atoms with van der Waals surface area (Å²) in [6, 6.07) is 0. The van der Waals surface area contributed by atoms with Crippen molar-refractivity contribution in [3.05, 3.63) is 23.3 Å². The summed E-state index contributed by atoms with van der Waals surface area (Å²) in [6.45, 7) is 11.0. The van der Waals surface area contributed by atoms with Crippen molar-refractivity contribution in [1.29, 1.82) is 0 Å². The van der Waals surface area contributed by atoms with Crippen LogP contribution in [0.15, 0.2) is 23.3 Å². The van der Waals surface area contributed by atoms with Crippen molar-refractivity contribution in [2.45, 2.75) is 41.0 Å². The zero-order chi connectivity index (χ0) is 8.85. The molecule has 0 amide bonds. The van der Waals surface area contributed by atoms with Gasteiger partial charge in [-0.05, 0) is 26.2 Å². The predicted molar refractivity (Wildman–Crippen MR) is 52.6 cm³/mol. The average Bonchev–Trinajstić information content (AvgIpc) is 1.99. The Morgan fingerprint density at radius 1 is 1.18 bits per heavy atom. The van der Waals surface area contributed by atoms with E-state index in [0.717, 1.165) is 6.42 Å². The molecule has 0 fully saturated rings. The Morgan fingerprint density at radius 2 is 1.73 bits per heavy atom. The minimum absolute atomic E-state index is 0.677. The van der Waals surface area contributed by atoms with Gasteiger partial charge in [-0.1, -0.05) is 44.1 Å². The second-order valence-electron chi connectivity index (χ2n) is 3.43. The summed E-state index contributed by atoms with van der Waals surface area (Å²) in [6.07, 6.45) is 5.60. The maximum atomic E-state index is 2.23. The van der Waals surface area contributed by atoms with Gasteiger partial charge in [-0.3, -0.25) is 0 Å². The summed E-state index contributed by atoms with van der Waals surface area (Å²) < 4.78 is 0. The third-order valence-electron chi connectivity index (χ3n) is 2.10. The first-order chi connectivity index (χ1) is 5.07. The standard InChI is InChI=1S/C11H20/c1-6-10(4)7-8-11(5)9(2)3/h7-9H,6H2,1-5H3/b10-7-,11-8-. The van der Waals surface area contributed by atoms with Crippen LogP contribution < -0.4 is 0 Å². The fourth-order valence-electron chi connectivity index (χ4n) is 0.584. The maximum absolute atomic E-state index is 2.23. The Bertz CT molecular complexity index is 159. The van der Waals surface area contributed by atoms with Gasteiger partial charge in [0.2, 0.25) is 0 Å². The van der Waals surface area contributed by atoms with E-state index in [1.807, 2.05) is 0 Å². The summed E-state index contributed by atoms with van der Waals surface area (Å²) in [7, 11) is 0. The van der Waals surface area contributed by atoms with E-state index in [1.54, 1.807) is 0 Å². The molecule has 11 heavy (non-hydrogen) atoms. The summed E-state index contributed by atoms with van der Waals surface area (Å²) in [5.74, 6) is 0.677. The summed E-state index contributed by atoms with van der Waals surface area (Å²) in [5, 5.41) is 0. The molecule has 0 rings (SSSR count). The van der Waals surface area contributed by atoms with Crippen molar-refractivity contribution in [2.24, 2.45) is 5.92 Å². The van der Waals surface area contributed by atoms with Gasteiger partial charge in [0.25, 0.3) is 0 Å². The monoisotopic (exact) mass is 152 g/mol. The Labute approximate surface area is 71.0 Å². The quantitative estimate of drug-likeness (QED) is 0.537. The van der Waals surface area contributed by atoms with Crippen molar-refractivity contribution < 1.29 is 0 Å². The predicted octanol–water partition coefficient (Wildman–Crippen LogP) is 3.95. The molecule has 0 aromatic rings. The zero-order valence-corrected chi connectivity index (χ0v) is 8.44. The number of allylic oxidation sites excluding steroid dienone is 4. The molecule has 0 saturated carbocycles. The van der Waals surface area contributed by atoms with Gasteiger partial charge in [-0.15, -0.1) is 0 Å². The van der Waals surface area contributed by atoms with Crippen molar-refractivity contribution >= 4 is 0 Å². The highest BCUT2D eigenvalue weighted by atomic mass is 14.0. The molecule has 0 spiro atoms. The van der Waals surface area contributed by atoms with Crippen LogP contribution in [0, 0.1) is 5.92 Å².